The zero-order valence-electron chi connectivity index (χ0n) is 14.0. The first-order chi connectivity index (χ1) is 12.8. The standard InChI is InChI=1S/C17H14FN3O4S2/c1-27(23,24)14-4-2-3-13(9-14)19-15(22)10-26-17-21-20-16(25-17)11-5-7-12(18)8-6-11/h2-9H,10H2,1H3,(H,19,22). The van der Waals surface area contributed by atoms with Gasteiger partial charge in [-0.25, -0.2) is 12.8 Å². The lowest BCUT2D eigenvalue weighted by Crippen LogP contribution is -2.14. The Labute approximate surface area is 158 Å². The first kappa shape index (κ1) is 19.1. The molecule has 1 heterocycles. The molecule has 0 unspecified atom stereocenters. The average molecular weight is 407 g/mol. The molecular formula is C17H14FN3O4S2. The van der Waals surface area contributed by atoms with Crippen molar-refractivity contribution in [1.82, 2.24) is 10.2 Å². The van der Waals surface area contributed by atoms with E-state index in [0.717, 1.165) is 18.0 Å². The summed E-state index contributed by atoms with van der Waals surface area (Å²) < 4.78 is 41.5. The van der Waals surface area contributed by atoms with Crippen LogP contribution in [0.4, 0.5) is 10.1 Å². The molecule has 1 amide bonds. The van der Waals surface area contributed by atoms with E-state index >= 15 is 0 Å². The predicted octanol–water partition coefficient (Wildman–Crippen LogP) is 3.01. The van der Waals surface area contributed by atoms with E-state index in [1.807, 2.05) is 0 Å². The molecule has 0 aliphatic heterocycles. The molecule has 0 aliphatic carbocycles. The number of carbonyl (C=O) groups excluding carboxylic acids is 1. The lowest BCUT2D eigenvalue weighted by Gasteiger charge is -2.05. The van der Waals surface area contributed by atoms with Crippen molar-refractivity contribution >= 4 is 33.2 Å². The first-order valence-corrected chi connectivity index (χ1v) is 10.5. The second-order valence-electron chi connectivity index (χ2n) is 5.52. The molecule has 27 heavy (non-hydrogen) atoms. The fourth-order valence-corrected chi connectivity index (χ4v) is 3.34. The first-order valence-electron chi connectivity index (χ1n) is 7.63. The molecule has 7 nitrogen and oxygen atoms in total. The maximum atomic E-state index is 12.9. The van der Waals surface area contributed by atoms with E-state index in [0.29, 0.717) is 11.3 Å². The number of benzene rings is 2. The van der Waals surface area contributed by atoms with Gasteiger partial charge in [0.15, 0.2) is 9.84 Å². The molecule has 2 aromatic carbocycles. The molecule has 0 bridgehead atoms. The maximum absolute atomic E-state index is 12.9. The van der Waals surface area contributed by atoms with Gasteiger partial charge in [-0.3, -0.25) is 4.79 Å². The minimum absolute atomic E-state index is 0.00580. The van der Waals surface area contributed by atoms with Crippen molar-refractivity contribution in [2.45, 2.75) is 10.1 Å². The topological polar surface area (TPSA) is 102 Å². The number of sulfone groups is 1. The van der Waals surface area contributed by atoms with Gasteiger partial charge in [-0.1, -0.05) is 17.8 Å². The summed E-state index contributed by atoms with van der Waals surface area (Å²) in [5, 5.41) is 10.5. The van der Waals surface area contributed by atoms with Crippen molar-refractivity contribution < 1.29 is 22.0 Å². The quantitative estimate of drug-likeness (QED) is 0.627. The Hall–Kier alpha value is -2.72. The van der Waals surface area contributed by atoms with Gasteiger partial charge in [-0.15, -0.1) is 10.2 Å². The number of hydrogen-bond donors (Lipinski definition) is 1. The Morgan fingerprint density at radius 3 is 2.63 bits per heavy atom. The van der Waals surface area contributed by atoms with Crippen LogP contribution in [0.1, 0.15) is 0 Å². The molecule has 0 saturated heterocycles. The van der Waals surface area contributed by atoms with Crippen molar-refractivity contribution in [2.75, 3.05) is 17.3 Å². The van der Waals surface area contributed by atoms with Crippen LogP contribution in [0.2, 0.25) is 0 Å². The van der Waals surface area contributed by atoms with Crippen LogP contribution in [0.15, 0.2) is 63.1 Å². The maximum Gasteiger partial charge on any atom is 0.277 e. The predicted molar refractivity (Wildman–Crippen MR) is 98.6 cm³/mol. The van der Waals surface area contributed by atoms with Gasteiger partial charge < -0.3 is 9.73 Å². The third kappa shape index (κ3) is 5.14. The van der Waals surface area contributed by atoms with E-state index in [-0.39, 0.29) is 33.5 Å². The van der Waals surface area contributed by atoms with Crippen LogP contribution in [0, 0.1) is 5.82 Å². The molecule has 0 fully saturated rings. The van der Waals surface area contributed by atoms with E-state index < -0.39 is 9.84 Å². The van der Waals surface area contributed by atoms with Gasteiger partial charge in [0.05, 0.1) is 10.6 Å². The third-order valence-electron chi connectivity index (χ3n) is 3.37. The van der Waals surface area contributed by atoms with Gasteiger partial charge in [0.2, 0.25) is 11.8 Å². The summed E-state index contributed by atoms with van der Waals surface area (Å²) in [6.45, 7) is 0. The molecule has 0 radical (unpaired) electrons. The molecule has 140 valence electrons. The smallest absolute Gasteiger partial charge is 0.277 e. The summed E-state index contributed by atoms with van der Waals surface area (Å²) in [6, 6.07) is 11.6. The summed E-state index contributed by atoms with van der Waals surface area (Å²) in [5.74, 6) is -0.510. The molecule has 0 aliphatic rings. The van der Waals surface area contributed by atoms with Crippen molar-refractivity contribution in [1.29, 1.82) is 0 Å². The highest BCUT2D eigenvalue weighted by Crippen LogP contribution is 2.23. The zero-order chi connectivity index (χ0) is 19.4. The fourth-order valence-electron chi connectivity index (χ4n) is 2.11. The Morgan fingerprint density at radius 1 is 1.19 bits per heavy atom. The molecular weight excluding hydrogens is 393 g/mol. The van der Waals surface area contributed by atoms with Crippen molar-refractivity contribution in [3.63, 3.8) is 0 Å². The monoisotopic (exact) mass is 407 g/mol. The number of hydrogen-bond acceptors (Lipinski definition) is 7. The van der Waals surface area contributed by atoms with Crippen LogP contribution in [0.5, 0.6) is 0 Å². The molecule has 10 heteroatoms. The number of thioether (sulfide) groups is 1. The average Bonchev–Trinajstić information content (AvgIpc) is 3.09. The Balaban J connectivity index is 1.59. The Morgan fingerprint density at radius 2 is 1.93 bits per heavy atom. The largest absolute Gasteiger partial charge is 0.411 e. The SMILES string of the molecule is CS(=O)(=O)c1cccc(NC(=O)CSc2nnc(-c3ccc(F)cc3)o2)c1. The minimum atomic E-state index is -3.36. The molecule has 3 rings (SSSR count). The highest BCUT2D eigenvalue weighted by atomic mass is 32.2. The number of aromatic nitrogens is 2. The van der Waals surface area contributed by atoms with Gasteiger partial charge in [0.25, 0.3) is 5.22 Å². The van der Waals surface area contributed by atoms with Gasteiger partial charge in [-0.2, -0.15) is 0 Å². The van der Waals surface area contributed by atoms with Crippen LogP contribution in [0.25, 0.3) is 11.5 Å². The van der Waals surface area contributed by atoms with E-state index in [1.165, 1.54) is 36.4 Å². The number of carbonyl (C=O) groups is 1. The Bertz CT molecular complexity index is 1070. The van der Waals surface area contributed by atoms with E-state index in [9.17, 15) is 17.6 Å². The van der Waals surface area contributed by atoms with Crippen LogP contribution in [0.3, 0.4) is 0 Å². The summed E-state index contributed by atoms with van der Waals surface area (Å²) >= 11 is 1.03. The highest BCUT2D eigenvalue weighted by molar-refractivity contribution is 7.99. The van der Waals surface area contributed by atoms with Gasteiger partial charge in [-0.05, 0) is 42.5 Å². The number of nitrogens with one attached hydrogen (secondary N) is 1. The van der Waals surface area contributed by atoms with Gasteiger partial charge in [0, 0.05) is 17.5 Å². The van der Waals surface area contributed by atoms with Crippen LogP contribution in [-0.4, -0.2) is 36.5 Å². The molecule has 1 aromatic heterocycles. The zero-order valence-corrected chi connectivity index (χ0v) is 15.7. The minimum Gasteiger partial charge on any atom is -0.411 e. The van der Waals surface area contributed by atoms with Gasteiger partial charge >= 0.3 is 0 Å². The number of nitrogens with zero attached hydrogens (tertiary/aromatic N) is 2. The summed E-state index contributed by atoms with van der Waals surface area (Å²) in [4.78, 5) is 12.2. The van der Waals surface area contributed by atoms with Crippen LogP contribution in [-0.2, 0) is 14.6 Å². The molecule has 0 saturated carbocycles. The van der Waals surface area contributed by atoms with E-state index in [4.69, 9.17) is 4.42 Å². The number of rotatable bonds is 6. The molecule has 3 aromatic rings. The third-order valence-corrected chi connectivity index (χ3v) is 5.30. The highest BCUT2D eigenvalue weighted by Gasteiger charge is 2.13. The summed E-state index contributed by atoms with van der Waals surface area (Å²) in [5.41, 5.74) is 0.943. The molecule has 1 N–H and O–H groups in total. The lowest BCUT2D eigenvalue weighted by molar-refractivity contribution is -0.113. The second-order valence-corrected chi connectivity index (χ2v) is 8.46. The normalized spacial score (nSPS) is 11.3. The Kier molecular flexibility index (Phi) is 5.57. The van der Waals surface area contributed by atoms with Crippen LogP contribution < -0.4 is 5.32 Å². The second kappa shape index (κ2) is 7.89. The van der Waals surface area contributed by atoms with Gasteiger partial charge in [0.1, 0.15) is 5.82 Å². The van der Waals surface area contributed by atoms with E-state index in [1.54, 1.807) is 12.1 Å². The van der Waals surface area contributed by atoms with Crippen molar-refractivity contribution in [3.05, 3.63) is 54.3 Å². The number of halogens is 1. The number of anilines is 1. The lowest BCUT2D eigenvalue weighted by atomic mass is 10.2. The summed E-state index contributed by atoms with van der Waals surface area (Å²) in [6.07, 6.45) is 1.10. The van der Waals surface area contributed by atoms with Crippen molar-refractivity contribution in [2.24, 2.45) is 0 Å². The summed E-state index contributed by atoms with van der Waals surface area (Å²) in [7, 11) is -3.36. The van der Waals surface area contributed by atoms with Crippen LogP contribution >= 0.6 is 11.8 Å². The molecule has 0 atom stereocenters. The number of amides is 1. The van der Waals surface area contributed by atoms with Crippen molar-refractivity contribution in [3.8, 4) is 11.5 Å². The molecule has 0 spiro atoms. The van der Waals surface area contributed by atoms with E-state index in [2.05, 4.69) is 15.5 Å². The fraction of sp³-hybridized carbons (Fsp3) is 0.118.